The monoisotopic (exact) mass is 234 g/mol. The first-order chi connectivity index (χ1) is 6.43. The van der Waals surface area contributed by atoms with E-state index in [4.69, 9.17) is 17.3 Å². The summed E-state index contributed by atoms with van der Waals surface area (Å²) in [5.74, 6) is -1.17. The van der Waals surface area contributed by atoms with Crippen LogP contribution in [0.2, 0.25) is 0 Å². The average Bonchev–Trinajstić information content (AvgIpc) is 2.26. The predicted octanol–water partition coefficient (Wildman–Crippen LogP) is 0.767. The first kappa shape index (κ1) is 11.4. The van der Waals surface area contributed by atoms with Crippen LogP contribution in [0, 0.1) is 5.92 Å². The van der Waals surface area contributed by atoms with E-state index in [9.17, 15) is 9.59 Å². The van der Waals surface area contributed by atoms with Gasteiger partial charge >= 0.3 is 0 Å². The number of nitrogens with one attached hydrogen (secondary N) is 1. The van der Waals surface area contributed by atoms with Crippen LogP contribution in [0.3, 0.4) is 0 Å². The Labute approximate surface area is 91.2 Å². The quantitative estimate of drug-likeness (QED) is 0.741. The molecular weight excluding hydrogens is 224 g/mol. The topological polar surface area (TPSA) is 72.2 Å². The van der Waals surface area contributed by atoms with Crippen LogP contribution < -0.4 is 11.1 Å². The molecule has 6 heteroatoms. The summed E-state index contributed by atoms with van der Waals surface area (Å²) >= 11 is 7.11. The summed E-state index contributed by atoms with van der Waals surface area (Å²) in [7, 11) is 0. The minimum absolute atomic E-state index is 0.201. The fraction of sp³-hybridized carbons (Fsp3) is 0.500. The van der Waals surface area contributed by atoms with Crippen molar-refractivity contribution >= 4 is 35.2 Å². The second-order valence-corrected chi connectivity index (χ2v) is 4.83. The molecule has 0 fully saturated rings. The first-order valence-electron chi connectivity index (χ1n) is 4.03. The van der Waals surface area contributed by atoms with Crippen molar-refractivity contribution in [2.45, 2.75) is 19.2 Å². The number of carbonyl (C=O) groups excluding carboxylic acids is 2. The van der Waals surface area contributed by atoms with Crippen LogP contribution in [0.5, 0.6) is 0 Å². The summed E-state index contributed by atoms with van der Waals surface area (Å²) in [5, 5.41) is 2.27. The van der Waals surface area contributed by atoms with Crippen molar-refractivity contribution in [1.29, 1.82) is 0 Å². The molecule has 0 bridgehead atoms. The minimum atomic E-state index is -0.503. The third kappa shape index (κ3) is 2.22. The highest BCUT2D eigenvalue weighted by molar-refractivity contribution is 8.05. The number of amides is 2. The van der Waals surface area contributed by atoms with Crippen LogP contribution in [0.25, 0.3) is 0 Å². The number of nitrogens with two attached hydrogens (primary N) is 1. The molecule has 4 nitrogen and oxygen atoms in total. The zero-order valence-electron chi connectivity index (χ0n) is 7.83. The molecule has 0 aromatic rings. The lowest BCUT2D eigenvalue weighted by Crippen LogP contribution is -2.40. The van der Waals surface area contributed by atoms with Gasteiger partial charge in [0.1, 0.15) is 0 Å². The number of rotatable bonds is 2. The van der Waals surface area contributed by atoms with Crippen molar-refractivity contribution in [3.63, 3.8) is 0 Å². The fourth-order valence-corrected chi connectivity index (χ4v) is 2.94. The average molecular weight is 235 g/mol. The van der Waals surface area contributed by atoms with Gasteiger partial charge in [-0.2, -0.15) is 0 Å². The number of hydrogen-bond donors (Lipinski definition) is 2. The van der Waals surface area contributed by atoms with Gasteiger partial charge in [0.25, 0.3) is 0 Å². The van der Waals surface area contributed by atoms with Gasteiger partial charge in [-0.15, -0.1) is 0 Å². The highest BCUT2D eigenvalue weighted by atomic mass is 35.5. The maximum Gasteiger partial charge on any atom is 0.227 e. The molecule has 78 valence electrons. The Kier molecular flexibility index (Phi) is 3.44. The van der Waals surface area contributed by atoms with Crippen molar-refractivity contribution in [1.82, 2.24) is 5.32 Å². The van der Waals surface area contributed by atoms with Crippen molar-refractivity contribution in [2.24, 2.45) is 11.7 Å². The number of halogens is 1. The third-order valence-electron chi connectivity index (χ3n) is 1.96. The molecule has 0 aromatic heterocycles. The Bertz CT molecular complexity index is 316. The van der Waals surface area contributed by atoms with Gasteiger partial charge in [-0.1, -0.05) is 23.4 Å². The Morgan fingerprint density at radius 2 is 2.14 bits per heavy atom. The molecule has 2 unspecified atom stereocenters. The summed E-state index contributed by atoms with van der Waals surface area (Å²) in [4.78, 5) is 22.0. The second-order valence-electron chi connectivity index (χ2n) is 3.08. The van der Waals surface area contributed by atoms with Crippen molar-refractivity contribution in [3.05, 3.63) is 9.94 Å². The number of hydrogen-bond acceptors (Lipinski definition) is 3. The van der Waals surface area contributed by atoms with Gasteiger partial charge in [0.05, 0.1) is 15.7 Å². The van der Waals surface area contributed by atoms with Gasteiger partial charge in [-0.3, -0.25) is 9.59 Å². The Hall–Kier alpha value is -0.680. The minimum Gasteiger partial charge on any atom is -0.369 e. The van der Waals surface area contributed by atoms with E-state index in [1.807, 2.05) is 0 Å². The van der Waals surface area contributed by atoms with Gasteiger partial charge in [0.2, 0.25) is 11.8 Å². The van der Waals surface area contributed by atoms with Crippen LogP contribution in [0.1, 0.15) is 13.8 Å². The van der Waals surface area contributed by atoms with E-state index >= 15 is 0 Å². The first-order valence-corrected chi connectivity index (χ1v) is 5.28. The Morgan fingerprint density at radius 1 is 1.57 bits per heavy atom. The molecule has 0 aliphatic carbocycles. The highest BCUT2D eigenvalue weighted by Crippen LogP contribution is 2.42. The van der Waals surface area contributed by atoms with E-state index < -0.39 is 11.8 Å². The lowest BCUT2D eigenvalue weighted by Gasteiger charge is -2.17. The van der Waals surface area contributed by atoms with Gasteiger partial charge < -0.3 is 11.1 Å². The van der Waals surface area contributed by atoms with Crippen molar-refractivity contribution in [3.8, 4) is 0 Å². The largest absolute Gasteiger partial charge is 0.369 e. The van der Waals surface area contributed by atoms with Gasteiger partial charge in [0, 0.05) is 6.92 Å². The maximum atomic E-state index is 11.1. The zero-order chi connectivity index (χ0) is 10.9. The lowest BCUT2D eigenvalue weighted by atomic mass is 10.0. The lowest BCUT2D eigenvalue weighted by molar-refractivity contribution is -0.122. The fourth-order valence-electron chi connectivity index (χ4n) is 1.30. The van der Waals surface area contributed by atoms with E-state index in [2.05, 4.69) is 5.32 Å². The molecular formula is C8H11ClN2O2S. The molecule has 1 aliphatic heterocycles. The molecule has 1 heterocycles. The summed E-state index contributed by atoms with van der Waals surface area (Å²) in [6, 6.07) is 0. The Morgan fingerprint density at radius 3 is 2.57 bits per heavy atom. The summed E-state index contributed by atoms with van der Waals surface area (Å²) in [6.45, 7) is 3.13. The molecule has 0 saturated carbocycles. The highest BCUT2D eigenvalue weighted by Gasteiger charge is 2.37. The molecule has 0 saturated heterocycles. The molecule has 0 spiro atoms. The normalized spacial score (nSPS) is 26.5. The van der Waals surface area contributed by atoms with Crippen molar-refractivity contribution < 1.29 is 9.59 Å². The predicted molar refractivity (Wildman–Crippen MR) is 56.4 cm³/mol. The van der Waals surface area contributed by atoms with E-state index in [1.54, 1.807) is 6.92 Å². The SMILES string of the molecule is CC(=O)NC1SC(Cl)=C(C)C1C(N)=O. The van der Waals surface area contributed by atoms with E-state index in [-0.39, 0.29) is 11.3 Å². The molecule has 14 heavy (non-hydrogen) atoms. The molecule has 2 amide bonds. The van der Waals surface area contributed by atoms with Crippen LogP contribution in [-0.2, 0) is 9.59 Å². The van der Waals surface area contributed by atoms with Gasteiger partial charge in [-0.05, 0) is 12.5 Å². The molecule has 1 aliphatic rings. The summed E-state index contributed by atoms with van der Waals surface area (Å²) < 4.78 is 0.535. The second kappa shape index (κ2) is 4.23. The number of primary amides is 1. The van der Waals surface area contributed by atoms with Crippen LogP contribution in [-0.4, -0.2) is 17.2 Å². The standard InChI is InChI=1S/C8H11ClN2O2S/c1-3-5(7(10)13)8(11-4(2)12)14-6(3)9/h5,8H,1-2H3,(H2,10,13)(H,11,12). The summed E-state index contributed by atoms with van der Waals surface area (Å²) in [5.41, 5.74) is 5.95. The molecule has 1 rings (SSSR count). The van der Waals surface area contributed by atoms with Gasteiger partial charge in [-0.25, -0.2) is 0 Å². The van der Waals surface area contributed by atoms with E-state index in [1.165, 1.54) is 18.7 Å². The summed E-state index contributed by atoms with van der Waals surface area (Å²) in [6.07, 6.45) is 0. The maximum absolute atomic E-state index is 11.1. The zero-order valence-corrected chi connectivity index (χ0v) is 9.41. The van der Waals surface area contributed by atoms with Gasteiger partial charge in [0.15, 0.2) is 0 Å². The van der Waals surface area contributed by atoms with Crippen molar-refractivity contribution in [2.75, 3.05) is 0 Å². The number of thioether (sulfide) groups is 1. The van der Waals surface area contributed by atoms with Crippen LogP contribution in [0.15, 0.2) is 9.94 Å². The molecule has 0 radical (unpaired) electrons. The van der Waals surface area contributed by atoms with Crippen LogP contribution in [0.4, 0.5) is 0 Å². The van der Waals surface area contributed by atoms with E-state index in [0.717, 1.165) is 5.57 Å². The Balaban J connectivity index is 2.82. The molecule has 0 aromatic carbocycles. The third-order valence-corrected chi connectivity index (χ3v) is 3.70. The molecule has 2 atom stereocenters. The van der Waals surface area contributed by atoms with E-state index in [0.29, 0.717) is 4.36 Å². The van der Waals surface area contributed by atoms with Crippen LogP contribution >= 0.6 is 23.4 Å². The number of carbonyl (C=O) groups is 2. The smallest absolute Gasteiger partial charge is 0.227 e. The molecule has 3 N–H and O–H groups in total.